The second-order valence-corrected chi connectivity index (χ2v) is 4.28. The predicted molar refractivity (Wildman–Crippen MR) is 72.8 cm³/mol. The Balaban J connectivity index is 2.60. The summed E-state index contributed by atoms with van der Waals surface area (Å²) in [6.45, 7) is 0. The Morgan fingerprint density at radius 3 is 2.45 bits per heavy atom. The molecule has 106 valence electrons. The van der Waals surface area contributed by atoms with Gasteiger partial charge in [0.1, 0.15) is 11.8 Å². The van der Waals surface area contributed by atoms with E-state index in [4.69, 9.17) is 22.4 Å². The summed E-state index contributed by atoms with van der Waals surface area (Å²) in [5, 5.41) is 20.3. The summed E-state index contributed by atoms with van der Waals surface area (Å²) in [5.74, 6) is 0.519. The monoisotopic (exact) mass is 276 g/mol. The lowest BCUT2D eigenvalue weighted by molar-refractivity contribution is -0.141. The molecule has 2 atom stereocenters. The number of carboxylic acid groups (broad SMARTS) is 1. The Bertz CT molecular complexity index is 519. The van der Waals surface area contributed by atoms with Crippen molar-refractivity contribution in [1.29, 1.82) is 0 Å². The van der Waals surface area contributed by atoms with E-state index < -0.39 is 24.0 Å². The average Bonchev–Trinajstić information content (AvgIpc) is 2.40. The SMILES string of the molecule is C#CCC(NC(=O)C(N)Cc1ccc(O)cc1)C(=O)O. The summed E-state index contributed by atoms with van der Waals surface area (Å²) in [4.78, 5) is 22.7. The van der Waals surface area contributed by atoms with Crippen molar-refractivity contribution in [3.05, 3.63) is 29.8 Å². The van der Waals surface area contributed by atoms with Crippen molar-refractivity contribution in [2.75, 3.05) is 0 Å². The fourth-order valence-corrected chi connectivity index (χ4v) is 1.58. The van der Waals surface area contributed by atoms with Gasteiger partial charge >= 0.3 is 5.97 Å². The number of nitrogens with two attached hydrogens (primary N) is 1. The van der Waals surface area contributed by atoms with Gasteiger partial charge in [-0.2, -0.15) is 0 Å². The van der Waals surface area contributed by atoms with Crippen molar-refractivity contribution < 1.29 is 19.8 Å². The first kappa shape index (κ1) is 15.5. The maximum atomic E-state index is 11.8. The van der Waals surface area contributed by atoms with Gasteiger partial charge in [0.05, 0.1) is 6.04 Å². The van der Waals surface area contributed by atoms with Crippen LogP contribution < -0.4 is 11.1 Å². The van der Waals surface area contributed by atoms with Crippen LogP contribution in [0.5, 0.6) is 5.75 Å². The molecule has 20 heavy (non-hydrogen) atoms. The van der Waals surface area contributed by atoms with Crippen molar-refractivity contribution in [3.63, 3.8) is 0 Å². The minimum absolute atomic E-state index is 0.104. The second-order valence-electron chi connectivity index (χ2n) is 4.28. The highest BCUT2D eigenvalue weighted by Crippen LogP contribution is 2.11. The number of carboxylic acids is 1. The van der Waals surface area contributed by atoms with E-state index in [1.807, 2.05) is 0 Å². The Morgan fingerprint density at radius 1 is 1.35 bits per heavy atom. The molecule has 0 aromatic heterocycles. The van der Waals surface area contributed by atoms with E-state index >= 15 is 0 Å². The molecular weight excluding hydrogens is 260 g/mol. The molecule has 1 aromatic rings. The number of hydrogen-bond acceptors (Lipinski definition) is 4. The quantitative estimate of drug-likeness (QED) is 0.540. The molecule has 0 radical (unpaired) electrons. The van der Waals surface area contributed by atoms with Crippen molar-refractivity contribution in [2.24, 2.45) is 5.73 Å². The largest absolute Gasteiger partial charge is 0.508 e. The van der Waals surface area contributed by atoms with Crippen LogP contribution in [0.25, 0.3) is 0 Å². The molecule has 0 saturated carbocycles. The van der Waals surface area contributed by atoms with Crippen LogP contribution in [-0.4, -0.2) is 34.2 Å². The van der Waals surface area contributed by atoms with E-state index in [0.717, 1.165) is 5.56 Å². The van der Waals surface area contributed by atoms with Gasteiger partial charge in [-0.1, -0.05) is 12.1 Å². The van der Waals surface area contributed by atoms with E-state index in [9.17, 15) is 9.59 Å². The number of amides is 1. The van der Waals surface area contributed by atoms with E-state index in [2.05, 4.69) is 11.2 Å². The number of carbonyl (C=O) groups is 2. The molecule has 2 unspecified atom stereocenters. The molecule has 0 aliphatic heterocycles. The van der Waals surface area contributed by atoms with Crippen LogP contribution in [0.15, 0.2) is 24.3 Å². The van der Waals surface area contributed by atoms with Crippen LogP contribution in [0.1, 0.15) is 12.0 Å². The van der Waals surface area contributed by atoms with Crippen LogP contribution in [0.3, 0.4) is 0 Å². The van der Waals surface area contributed by atoms with Crippen LogP contribution in [0, 0.1) is 12.3 Å². The van der Waals surface area contributed by atoms with Gasteiger partial charge in [-0.3, -0.25) is 4.79 Å². The Morgan fingerprint density at radius 2 is 1.95 bits per heavy atom. The molecule has 5 N–H and O–H groups in total. The number of terminal acetylenes is 1. The van der Waals surface area contributed by atoms with Gasteiger partial charge in [-0.25, -0.2) is 4.79 Å². The topological polar surface area (TPSA) is 113 Å². The van der Waals surface area contributed by atoms with Gasteiger partial charge in [0.25, 0.3) is 0 Å². The summed E-state index contributed by atoms with van der Waals surface area (Å²) in [6, 6.07) is 4.21. The number of nitrogens with one attached hydrogen (secondary N) is 1. The molecule has 0 aliphatic rings. The summed E-state index contributed by atoms with van der Waals surface area (Å²) in [6.07, 6.45) is 5.16. The van der Waals surface area contributed by atoms with Crippen molar-refractivity contribution in [2.45, 2.75) is 24.9 Å². The first-order valence-corrected chi connectivity index (χ1v) is 5.94. The maximum absolute atomic E-state index is 11.8. The maximum Gasteiger partial charge on any atom is 0.327 e. The zero-order valence-electron chi connectivity index (χ0n) is 10.7. The molecule has 0 saturated heterocycles. The first-order chi connectivity index (χ1) is 9.43. The van der Waals surface area contributed by atoms with E-state index in [1.54, 1.807) is 12.1 Å². The highest BCUT2D eigenvalue weighted by Gasteiger charge is 2.22. The number of rotatable bonds is 6. The van der Waals surface area contributed by atoms with Crippen LogP contribution in [0.2, 0.25) is 0 Å². The van der Waals surface area contributed by atoms with Crippen molar-refractivity contribution >= 4 is 11.9 Å². The van der Waals surface area contributed by atoms with Gasteiger partial charge in [-0.05, 0) is 24.1 Å². The highest BCUT2D eigenvalue weighted by molar-refractivity contribution is 5.87. The number of carbonyl (C=O) groups excluding carboxylic acids is 1. The summed E-state index contributed by atoms with van der Waals surface area (Å²) in [7, 11) is 0. The van der Waals surface area contributed by atoms with Gasteiger partial charge < -0.3 is 21.3 Å². The Labute approximate surface area is 116 Å². The summed E-state index contributed by atoms with van der Waals surface area (Å²) in [5.41, 5.74) is 6.47. The molecule has 1 amide bonds. The number of aliphatic carboxylic acids is 1. The zero-order chi connectivity index (χ0) is 15.1. The molecule has 6 heteroatoms. The minimum Gasteiger partial charge on any atom is -0.508 e. The van der Waals surface area contributed by atoms with Crippen molar-refractivity contribution in [1.82, 2.24) is 5.32 Å². The molecule has 0 aliphatic carbocycles. The fourth-order valence-electron chi connectivity index (χ4n) is 1.58. The lowest BCUT2D eigenvalue weighted by atomic mass is 10.1. The average molecular weight is 276 g/mol. The Kier molecular flexibility index (Phi) is 5.56. The van der Waals surface area contributed by atoms with Crippen molar-refractivity contribution in [3.8, 4) is 18.1 Å². The van der Waals surface area contributed by atoms with Crippen LogP contribution in [-0.2, 0) is 16.0 Å². The molecule has 0 heterocycles. The molecule has 0 spiro atoms. The Hall–Kier alpha value is -2.52. The van der Waals surface area contributed by atoms with Crippen LogP contribution in [0.4, 0.5) is 0 Å². The number of phenols is 1. The van der Waals surface area contributed by atoms with Gasteiger partial charge in [0.2, 0.25) is 5.91 Å². The normalized spacial score (nSPS) is 13.0. The molecular formula is C14H16N2O4. The molecule has 1 aromatic carbocycles. The first-order valence-electron chi connectivity index (χ1n) is 5.94. The zero-order valence-corrected chi connectivity index (χ0v) is 10.7. The number of aromatic hydroxyl groups is 1. The molecule has 6 nitrogen and oxygen atoms in total. The smallest absolute Gasteiger partial charge is 0.327 e. The fraction of sp³-hybridized carbons (Fsp3) is 0.286. The third-order valence-electron chi connectivity index (χ3n) is 2.67. The molecule has 1 rings (SSSR count). The number of hydrogen-bond donors (Lipinski definition) is 4. The predicted octanol–water partition coefficient (Wildman–Crippen LogP) is -0.145. The second kappa shape index (κ2) is 7.16. The third kappa shape index (κ3) is 4.63. The summed E-state index contributed by atoms with van der Waals surface area (Å²) >= 11 is 0. The number of benzene rings is 1. The molecule has 0 fully saturated rings. The standard InChI is InChI=1S/C14H16N2O4/c1-2-3-12(14(19)20)16-13(18)11(15)8-9-4-6-10(17)7-5-9/h1,4-7,11-12,17H,3,8,15H2,(H,16,18)(H,19,20). The summed E-state index contributed by atoms with van der Waals surface area (Å²) < 4.78 is 0. The van der Waals surface area contributed by atoms with Gasteiger partial charge in [-0.15, -0.1) is 12.3 Å². The lowest BCUT2D eigenvalue weighted by Gasteiger charge is -2.16. The minimum atomic E-state index is -1.20. The van der Waals surface area contributed by atoms with Crippen LogP contribution >= 0.6 is 0 Å². The van der Waals surface area contributed by atoms with E-state index in [-0.39, 0.29) is 18.6 Å². The lowest BCUT2D eigenvalue weighted by Crippen LogP contribution is -2.49. The third-order valence-corrected chi connectivity index (χ3v) is 2.67. The van der Waals surface area contributed by atoms with Gasteiger partial charge in [0.15, 0.2) is 0 Å². The van der Waals surface area contributed by atoms with E-state index in [0.29, 0.717) is 0 Å². The highest BCUT2D eigenvalue weighted by atomic mass is 16.4. The van der Waals surface area contributed by atoms with E-state index in [1.165, 1.54) is 12.1 Å². The molecule has 0 bridgehead atoms. The van der Waals surface area contributed by atoms with Gasteiger partial charge in [0, 0.05) is 6.42 Å². The number of phenolic OH excluding ortho intramolecular Hbond substituents is 1.